The van der Waals surface area contributed by atoms with Gasteiger partial charge >= 0.3 is 5.97 Å². The minimum atomic E-state index is -1.01. The lowest BCUT2D eigenvalue weighted by Gasteiger charge is -2.54. The Labute approximate surface area is 213 Å². The third-order valence-corrected chi connectivity index (χ3v) is 9.30. The van der Waals surface area contributed by atoms with Crippen molar-refractivity contribution in [2.24, 2.45) is 47.3 Å². The summed E-state index contributed by atoms with van der Waals surface area (Å²) in [5, 5.41) is 32.3. The van der Waals surface area contributed by atoms with E-state index in [1.807, 2.05) is 13.8 Å². The van der Waals surface area contributed by atoms with Crippen LogP contribution in [0.1, 0.15) is 105 Å². The Balaban J connectivity index is 0.000000803. The monoisotopic (exact) mass is 495 g/mol. The van der Waals surface area contributed by atoms with E-state index in [-0.39, 0.29) is 24.7 Å². The standard InChI is InChI=1S/C24H39NO5.C3H8.C2H6/c1-13(2-9-22(28)25-12-23(29)30)16-5-7-20-18(16)6-8-19-17-4-3-15(26)10-14(17)11-21(27)24(19)20;1-3-2;1-2/h13-21,24,26-27H,2-12H2,1H3,(H,25,28)(H,29,30);3H2,1-2H3;1-2H3. The molecule has 4 aliphatic carbocycles. The van der Waals surface area contributed by atoms with Crippen LogP contribution in [0.5, 0.6) is 0 Å². The number of carbonyl (C=O) groups is 2. The van der Waals surface area contributed by atoms with E-state index in [1.165, 1.54) is 32.1 Å². The van der Waals surface area contributed by atoms with E-state index in [0.29, 0.717) is 53.8 Å². The molecule has 0 radical (unpaired) electrons. The molecule has 4 rings (SSSR count). The van der Waals surface area contributed by atoms with E-state index in [2.05, 4.69) is 26.1 Å². The Bertz CT molecular complexity index is 655. The summed E-state index contributed by atoms with van der Waals surface area (Å²) in [5.41, 5.74) is 0. The van der Waals surface area contributed by atoms with Crippen molar-refractivity contribution in [1.82, 2.24) is 5.32 Å². The maximum absolute atomic E-state index is 11.9. The summed E-state index contributed by atoms with van der Waals surface area (Å²) in [5.74, 6) is 3.40. The van der Waals surface area contributed by atoms with Crippen molar-refractivity contribution >= 4 is 11.9 Å². The summed E-state index contributed by atoms with van der Waals surface area (Å²) in [7, 11) is 0. The average molecular weight is 496 g/mol. The Morgan fingerprint density at radius 2 is 1.46 bits per heavy atom. The van der Waals surface area contributed by atoms with Gasteiger partial charge < -0.3 is 20.6 Å². The van der Waals surface area contributed by atoms with Gasteiger partial charge in [-0.05, 0) is 105 Å². The molecule has 204 valence electrons. The Morgan fingerprint density at radius 1 is 0.886 bits per heavy atom. The number of rotatable bonds is 6. The SMILES string of the molecule is CC.CC(CCC(=O)NCC(=O)O)C1CCC2C1CCC1C3CCC(O)CC3CC(O)C12.CCC. The highest BCUT2D eigenvalue weighted by molar-refractivity contribution is 5.81. The zero-order valence-electron chi connectivity index (χ0n) is 22.9. The summed E-state index contributed by atoms with van der Waals surface area (Å²) in [6, 6.07) is 0. The van der Waals surface area contributed by atoms with E-state index in [9.17, 15) is 19.8 Å². The fourth-order valence-corrected chi connectivity index (χ4v) is 8.11. The molecule has 4 fully saturated rings. The topological polar surface area (TPSA) is 107 Å². The van der Waals surface area contributed by atoms with Crippen molar-refractivity contribution in [1.29, 1.82) is 0 Å². The minimum Gasteiger partial charge on any atom is -0.480 e. The van der Waals surface area contributed by atoms with Gasteiger partial charge in [0.15, 0.2) is 0 Å². The van der Waals surface area contributed by atoms with Gasteiger partial charge in [-0.3, -0.25) is 9.59 Å². The third kappa shape index (κ3) is 7.67. The van der Waals surface area contributed by atoms with E-state index in [0.717, 1.165) is 32.1 Å². The molecule has 0 bridgehead atoms. The molecule has 4 N–H and O–H groups in total. The second-order valence-corrected chi connectivity index (χ2v) is 11.5. The highest BCUT2D eigenvalue weighted by atomic mass is 16.4. The number of carbonyl (C=O) groups excluding carboxylic acids is 1. The highest BCUT2D eigenvalue weighted by Gasteiger charge is 2.55. The molecule has 6 heteroatoms. The summed E-state index contributed by atoms with van der Waals surface area (Å²) < 4.78 is 0. The first-order valence-corrected chi connectivity index (χ1v) is 14.6. The van der Waals surface area contributed by atoms with Crippen molar-refractivity contribution in [2.45, 2.75) is 117 Å². The predicted octanol–water partition coefficient (Wildman–Crippen LogP) is 5.26. The summed E-state index contributed by atoms with van der Waals surface area (Å²) in [6.45, 7) is 10.2. The average Bonchev–Trinajstić information content (AvgIpc) is 3.27. The maximum Gasteiger partial charge on any atom is 0.322 e. The van der Waals surface area contributed by atoms with Crippen LogP contribution in [-0.2, 0) is 9.59 Å². The summed E-state index contributed by atoms with van der Waals surface area (Å²) in [4.78, 5) is 22.5. The molecule has 4 aliphatic rings. The van der Waals surface area contributed by atoms with Crippen LogP contribution in [0.3, 0.4) is 0 Å². The first-order valence-electron chi connectivity index (χ1n) is 14.6. The van der Waals surface area contributed by atoms with Gasteiger partial charge in [0.05, 0.1) is 12.2 Å². The highest BCUT2D eigenvalue weighted by Crippen LogP contribution is 2.60. The number of nitrogens with one attached hydrogen (secondary N) is 1. The van der Waals surface area contributed by atoms with Crippen LogP contribution < -0.4 is 5.32 Å². The van der Waals surface area contributed by atoms with Crippen molar-refractivity contribution in [2.75, 3.05) is 6.54 Å². The smallest absolute Gasteiger partial charge is 0.322 e. The lowest BCUT2D eigenvalue weighted by atomic mass is 9.52. The number of hydrogen-bond donors (Lipinski definition) is 4. The first kappa shape index (κ1) is 30.1. The third-order valence-electron chi connectivity index (χ3n) is 9.30. The van der Waals surface area contributed by atoms with Crippen molar-refractivity contribution < 1.29 is 24.9 Å². The van der Waals surface area contributed by atoms with Crippen LogP contribution in [0.15, 0.2) is 0 Å². The second kappa shape index (κ2) is 14.6. The molecular formula is C29H53NO5. The Morgan fingerprint density at radius 3 is 2.11 bits per heavy atom. The molecule has 0 aromatic rings. The quantitative estimate of drug-likeness (QED) is 0.402. The molecule has 0 heterocycles. The Hall–Kier alpha value is -1.14. The van der Waals surface area contributed by atoms with Gasteiger partial charge in [-0.15, -0.1) is 0 Å². The van der Waals surface area contributed by atoms with Gasteiger partial charge in [0, 0.05) is 6.42 Å². The van der Waals surface area contributed by atoms with E-state index >= 15 is 0 Å². The van der Waals surface area contributed by atoms with Gasteiger partial charge in [-0.1, -0.05) is 41.0 Å². The second-order valence-electron chi connectivity index (χ2n) is 11.5. The van der Waals surface area contributed by atoms with Gasteiger partial charge in [0.25, 0.3) is 0 Å². The number of carboxylic acids is 1. The van der Waals surface area contributed by atoms with E-state index in [4.69, 9.17) is 5.11 Å². The molecule has 4 saturated carbocycles. The number of carboxylic acid groups (broad SMARTS) is 1. The number of aliphatic hydroxyl groups is 2. The molecule has 0 aromatic heterocycles. The molecule has 6 nitrogen and oxygen atoms in total. The molecule has 0 saturated heterocycles. The lowest BCUT2D eigenvalue weighted by molar-refractivity contribution is -0.138. The van der Waals surface area contributed by atoms with Gasteiger partial charge in [0.2, 0.25) is 5.91 Å². The van der Waals surface area contributed by atoms with Crippen molar-refractivity contribution in [3.8, 4) is 0 Å². The normalized spacial score (nSPS) is 38.2. The minimum absolute atomic E-state index is 0.171. The van der Waals surface area contributed by atoms with Crippen LogP contribution >= 0.6 is 0 Å². The van der Waals surface area contributed by atoms with Crippen LogP contribution in [0, 0.1) is 47.3 Å². The van der Waals surface area contributed by atoms with Crippen LogP contribution in [0.2, 0.25) is 0 Å². The molecule has 1 amide bonds. The van der Waals surface area contributed by atoms with Crippen LogP contribution in [0.25, 0.3) is 0 Å². The molecule has 10 atom stereocenters. The van der Waals surface area contributed by atoms with Crippen molar-refractivity contribution in [3.05, 3.63) is 0 Å². The molecule has 0 spiro atoms. The van der Waals surface area contributed by atoms with Gasteiger partial charge in [0.1, 0.15) is 6.54 Å². The fraction of sp³-hybridized carbons (Fsp3) is 0.931. The zero-order valence-corrected chi connectivity index (χ0v) is 22.9. The van der Waals surface area contributed by atoms with Crippen molar-refractivity contribution in [3.63, 3.8) is 0 Å². The molecular weight excluding hydrogens is 442 g/mol. The summed E-state index contributed by atoms with van der Waals surface area (Å²) >= 11 is 0. The van der Waals surface area contributed by atoms with Crippen LogP contribution in [-0.4, -0.2) is 45.9 Å². The van der Waals surface area contributed by atoms with E-state index in [1.54, 1.807) is 0 Å². The fourth-order valence-electron chi connectivity index (χ4n) is 8.11. The molecule has 0 aromatic carbocycles. The van der Waals surface area contributed by atoms with Gasteiger partial charge in [-0.25, -0.2) is 0 Å². The number of aliphatic hydroxyl groups excluding tert-OH is 2. The van der Waals surface area contributed by atoms with E-state index < -0.39 is 5.97 Å². The largest absolute Gasteiger partial charge is 0.480 e. The number of amides is 1. The Kier molecular flexibility index (Phi) is 12.5. The molecule has 35 heavy (non-hydrogen) atoms. The molecule has 0 aliphatic heterocycles. The zero-order chi connectivity index (χ0) is 26.1. The number of fused-ring (bicyclic) bond motifs is 5. The van der Waals surface area contributed by atoms with Gasteiger partial charge in [-0.2, -0.15) is 0 Å². The lowest BCUT2D eigenvalue weighted by Crippen LogP contribution is -2.52. The predicted molar refractivity (Wildman–Crippen MR) is 140 cm³/mol. The maximum atomic E-state index is 11.9. The number of aliphatic carboxylic acids is 1. The first-order chi connectivity index (χ1) is 16.8. The van der Waals surface area contributed by atoms with Crippen LogP contribution in [0.4, 0.5) is 0 Å². The summed E-state index contributed by atoms with van der Waals surface area (Å²) in [6.07, 6.45) is 10.7. The number of hydrogen-bond acceptors (Lipinski definition) is 4. The molecule has 10 unspecified atom stereocenters.